The number of benzene rings is 1. The first-order valence-corrected chi connectivity index (χ1v) is 10.4. The Labute approximate surface area is 185 Å². The molecule has 0 aliphatic carbocycles. The van der Waals surface area contributed by atoms with Gasteiger partial charge in [-0.05, 0) is 39.8 Å². The maximum atomic E-state index is 13.5. The molecule has 2 amide bonds. The second-order valence-corrected chi connectivity index (χ2v) is 8.32. The average Bonchev–Trinajstić information content (AvgIpc) is 3.31. The van der Waals surface area contributed by atoms with Crippen molar-refractivity contribution >= 4 is 61.6 Å². The van der Waals surface area contributed by atoms with Gasteiger partial charge < -0.3 is 11.1 Å². The number of nitrogens with two attached hydrogens (primary N) is 1. The number of pyridine rings is 1. The highest BCUT2D eigenvalue weighted by Gasteiger charge is 2.25. The molecule has 0 aliphatic rings. The molecule has 11 heteroatoms. The van der Waals surface area contributed by atoms with Gasteiger partial charge in [-0.15, -0.1) is 11.3 Å². The summed E-state index contributed by atoms with van der Waals surface area (Å²) in [5.41, 5.74) is 6.45. The molecule has 30 heavy (non-hydrogen) atoms. The molecule has 0 radical (unpaired) electrons. The zero-order valence-corrected chi connectivity index (χ0v) is 17.9. The fourth-order valence-corrected chi connectivity index (χ4v) is 4.49. The fraction of sp³-hybridized carbons (Fsp3) is 0.0526. The van der Waals surface area contributed by atoms with E-state index in [-0.39, 0.29) is 21.1 Å². The minimum Gasteiger partial charge on any atom is -0.365 e. The van der Waals surface area contributed by atoms with E-state index >= 15 is 0 Å². The summed E-state index contributed by atoms with van der Waals surface area (Å²) >= 11 is 2.79. The summed E-state index contributed by atoms with van der Waals surface area (Å²) in [4.78, 5) is 29.0. The Morgan fingerprint density at radius 1 is 1.23 bits per heavy atom. The van der Waals surface area contributed by atoms with Gasteiger partial charge in [-0.25, -0.2) is 13.8 Å². The Morgan fingerprint density at radius 3 is 2.57 bits per heavy atom. The SMILES string of the molecule is NC(=O)c1sc2nc(C(F)F)cc(-c3ccccc3)c2c1NC(=O)c1[nH]ncc1I. The lowest BCUT2D eigenvalue weighted by atomic mass is 10.0. The summed E-state index contributed by atoms with van der Waals surface area (Å²) in [5.74, 6) is -1.35. The van der Waals surface area contributed by atoms with Gasteiger partial charge in [0.05, 0.1) is 15.5 Å². The number of anilines is 1. The molecular formula is C19H12F2IN5O2S. The van der Waals surface area contributed by atoms with E-state index in [4.69, 9.17) is 5.73 Å². The number of carbonyl (C=O) groups excluding carboxylic acids is 2. The van der Waals surface area contributed by atoms with E-state index in [1.54, 1.807) is 30.3 Å². The van der Waals surface area contributed by atoms with Crippen molar-refractivity contribution in [1.29, 1.82) is 0 Å². The minimum atomic E-state index is -2.80. The molecule has 4 N–H and O–H groups in total. The van der Waals surface area contributed by atoms with Crippen LogP contribution in [0.4, 0.5) is 14.5 Å². The number of H-pyrrole nitrogens is 1. The maximum Gasteiger partial charge on any atom is 0.280 e. The van der Waals surface area contributed by atoms with Crippen molar-refractivity contribution in [3.63, 3.8) is 0 Å². The van der Waals surface area contributed by atoms with Crippen molar-refractivity contribution in [3.05, 3.63) is 62.4 Å². The molecule has 0 atom stereocenters. The van der Waals surface area contributed by atoms with E-state index in [0.717, 1.165) is 11.3 Å². The summed E-state index contributed by atoms with van der Waals surface area (Å²) in [7, 11) is 0. The number of carbonyl (C=O) groups is 2. The Kier molecular flexibility index (Phi) is 5.47. The number of hydrogen-bond acceptors (Lipinski definition) is 5. The molecule has 0 saturated heterocycles. The number of nitrogens with zero attached hydrogens (tertiary/aromatic N) is 2. The number of halogens is 3. The predicted octanol–water partition coefficient (Wildman–Crippen LogP) is 4.58. The van der Waals surface area contributed by atoms with Crippen molar-refractivity contribution in [3.8, 4) is 11.1 Å². The third-order valence-corrected chi connectivity index (χ3v) is 6.19. The Bertz CT molecular complexity index is 1270. The highest BCUT2D eigenvalue weighted by Crippen LogP contribution is 2.42. The second kappa shape index (κ2) is 8.07. The number of alkyl halides is 2. The van der Waals surface area contributed by atoms with Crippen LogP contribution in [0.3, 0.4) is 0 Å². The molecule has 0 unspecified atom stereocenters. The quantitative estimate of drug-likeness (QED) is 0.322. The molecule has 7 nitrogen and oxygen atoms in total. The number of aromatic nitrogens is 3. The zero-order valence-electron chi connectivity index (χ0n) is 14.9. The van der Waals surface area contributed by atoms with Crippen molar-refractivity contribution < 1.29 is 18.4 Å². The second-order valence-electron chi connectivity index (χ2n) is 6.16. The maximum absolute atomic E-state index is 13.5. The van der Waals surface area contributed by atoms with Gasteiger partial charge in [0.25, 0.3) is 18.2 Å². The van der Waals surface area contributed by atoms with E-state index in [1.165, 1.54) is 12.3 Å². The third-order valence-electron chi connectivity index (χ3n) is 4.27. The van der Waals surface area contributed by atoms with Crippen molar-refractivity contribution in [2.75, 3.05) is 5.32 Å². The van der Waals surface area contributed by atoms with Crippen molar-refractivity contribution in [1.82, 2.24) is 15.2 Å². The normalized spacial score (nSPS) is 11.2. The molecule has 0 bridgehead atoms. The summed E-state index contributed by atoms with van der Waals surface area (Å²) < 4.78 is 27.5. The van der Waals surface area contributed by atoms with Gasteiger partial charge in [-0.3, -0.25) is 14.7 Å². The van der Waals surface area contributed by atoms with Gasteiger partial charge in [0.1, 0.15) is 21.1 Å². The van der Waals surface area contributed by atoms with Crippen LogP contribution in [0, 0.1) is 3.57 Å². The Balaban J connectivity index is 1.98. The van der Waals surface area contributed by atoms with E-state index in [1.807, 2.05) is 22.6 Å². The topological polar surface area (TPSA) is 114 Å². The predicted molar refractivity (Wildman–Crippen MR) is 118 cm³/mol. The smallest absolute Gasteiger partial charge is 0.280 e. The first-order valence-electron chi connectivity index (χ1n) is 8.47. The van der Waals surface area contributed by atoms with E-state index in [2.05, 4.69) is 20.5 Å². The van der Waals surface area contributed by atoms with Gasteiger partial charge in [0.15, 0.2) is 0 Å². The van der Waals surface area contributed by atoms with Gasteiger partial charge in [-0.2, -0.15) is 5.10 Å². The summed E-state index contributed by atoms with van der Waals surface area (Å²) in [5, 5.41) is 9.45. The number of thiophene rings is 1. The van der Waals surface area contributed by atoms with Crippen LogP contribution in [-0.4, -0.2) is 27.0 Å². The Morgan fingerprint density at radius 2 is 1.97 bits per heavy atom. The number of rotatable bonds is 5. The number of hydrogen-bond donors (Lipinski definition) is 3. The van der Waals surface area contributed by atoms with Gasteiger partial charge in [-0.1, -0.05) is 30.3 Å². The van der Waals surface area contributed by atoms with E-state index < -0.39 is 23.9 Å². The zero-order chi connectivity index (χ0) is 21.4. The molecule has 4 rings (SSSR count). The number of aromatic amines is 1. The highest BCUT2D eigenvalue weighted by atomic mass is 127. The molecule has 3 heterocycles. The van der Waals surface area contributed by atoms with Crippen LogP contribution in [0.2, 0.25) is 0 Å². The van der Waals surface area contributed by atoms with Crippen LogP contribution in [0.1, 0.15) is 32.3 Å². The van der Waals surface area contributed by atoms with Crippen LogP contribution in [0.5, 0.6) is 0 Å². The standard InChI is InChI=1S/C19H12F2IN5O2S/c20-16(21)11-6-9(8-4-2-1-3-5-8)12-14(15(17(23)28)30-19(12)25-11)26-18(29)13-10(22)7-24-27-13/h1-7,16H,(H2,23,28)(H,24,27)(H,26,29). The lowest BCUT2D eigenvalue weighted by molar-refractivity contribution is 0.100. The lowest BCUT2D eigenvalue weighted by Gasteiger charge is -2.10. The average molecular weight is 539 g/mol. The number of amides is 2. The van der Waals surface area contributed by atoms with E-state index in [0.29, 0.717) is 20.1 Å². The molecule has 0 aliphatic heterocycles. The van der Waals surface area contributed by atoms with Gasteiger partial charge >= 0.3 is 0 Å². The van der Waals surface area contributed by atoms with Crippen molar-refractivity contribution in [2.24, 2.45) is 5.73 Å². The summed E-state index contributed by atoms with van der Waals surface area (Å²) in [6, 6.07) is 10.1. The fourth-order valence-electron chi connectivity index (χ4n) is 2.97. The Hall–Kier alpha value is -2.93. The monoisotopic (exact) mass is 539 g/mol. The first-order chi connectivity index (χ1) is 14.4. The summed E-state index contributed by atoms with van der Waals surface area (Å²) in [6.07, 6.45) is -1.33. The van der Waals surface area contributed by atoms with Crippen LogP contribution in [0.15, 0.2) is 42.6 Å². The highest BCUT2D eigenvalue weighted by molar-refractivity contribution is 14.1. The molecule has 0 fully saturated rings. The molecule has 1 aromatic carbocycles. The number of nitrogens with one attached hydrogen (secondary N) is 2. The van der Waals surface area contributed by atoms with Crippen LogP contribution in [-0.2, 0) is 0 Å². The third kappa shape index (κ3) is 3.65. The lowest BCUT2D eigenvalue weighted by Crippen LogP contribution is -2.17. The van der Waals surface area contributed by atoms with Crippen LogP contribution >= 0.6 is 33.9 Å². The largest absolute Gasteiger partial charge is 0.365 e. The molecule has 3 aromatic heterocycles. The molecular weight excluding hydrogens is 527 g/mol. The van der Waals surface area contributed by atoms with Gasteiger partial charge in [0.2, 0.25) is 0 Å². The molecule has 0 spiro atoms. The van der Waals surface area contributed by atoms with Crippen molar-refractivity contribution in [2.45, 2.75) is 6.43 Å². The van der Waals surface area contributed by atoms with Gasteiger partial charge in [0, 0.05) is 5.39 Å². The van der Waals surface area contributed by atoms with Crippen LogP contribution < -0.4 is 11.1 Å². The molecule has 0 saturated carbocycles. The van der Waals surface area contributed by atoms with E-state index in [9.17, 15) is 18.4 Å². The number of fused-ring (bicyclic) bond motifs is 1. The minimum absolute atomic E-state index is 0.0176. The summed E-state index contributed by atoms with van der Waals surface area (Å²) in [6.45, 7) is 0. The number of primary amides is 1. The van der Waals surface area contributed by atoms with Crippen LogP contribution in [0.25, 0.3) is 21.3 Å². The molecule has 152 valence electrons. The molecule has 4 aromatic rings. The first kappa shape index (κ1) is 20.3.